The lowest BCUT2D eigenvalue weighted by Gasteiger charge is -2.28. The molecule has 6 nitrogen and oxygen atoms in total. The Hall–Kier alpha value is -1.40. The van der Waals surface area contributed by atoms with E-state index in [1.807, 2.05) is 13.8 Å². The number of ether oxygens (including phenoxy) is 1. The molecule has 0 bridgehead atoms. The SMILES string of the molecule is CCNc1nc(C)nc(NN2CCOCC2)c1C. The van der Waals surface area contributed by atoms with Gasteiger partial charge in [0.1, 0.15) is 17.5 Å². The van der Waals surface area contributed by atoms with Crippen molar-refractivity contribution in [3.05, 3.63) is 11.4 Å². The molecule has 1 aromatic rings. The molecule has 0 radical (unpaired) electrons. The summed E-state index contributed by atoms with van der Waals surface area (Å²) in [6.45, 7) is 10.1. The van der Waals surface area contributed by atoms with E-state index < -0.39 is 0 Å². The van der Waals surface area contributed by atoms with Crippen LogP contribution in [0, 0.1) is 13.8 Å². The minimum absolute atomic E-state index is 0.760. The molecule has 0 spiro atoms. The lowest BCUT2D eigenvalue weighted by atomic mass is 10.3. The van der Waals surface area contributed by atoms with Crippen molar-refractivity contribution >= 4 is 11.6 Å². The predicted molar refractivity (Wildman–Crippen MR) is 71.7 cm³/mol. The van der Waals surface area contributed by atoms with Crippen molar-refractivity contribution in [2.45, 2.75) is 20.8 Å². The molecule has 100 valence electrons. The van der Waals surface area contributed by atoms with Crippen LogP contribution in [0.4, 0.5) is 11.6 Å². The summed E-state index contributed by atoms with van der Waals surface area (Å²) in [6.07, 6.45) is 0. The van der Waals surface area contributed by atoms with Crippen LogP contribution in [0.25, 0.3) is 0 Å². The number of morpholine rings is 1. The summed E-state index contributed by atoms with van der Waals surface area (Å²) in [7, 11) is 0. The van der Waals surface area contributed by atoms with Crippen molar-refractivity contribution in [3.8, 4) is 0 Å². The molecule has 0 saturated carbocycles. The Labute approximate surface area is 108 Å². The molecule has 0 amide bonds. The van der Waals surface area contributed by atoms with Crippen LogP contribution < -0.4 is 10.7 Å². The predicted octanol–water partition coefficient (Wildman–Crippen LogP) is 1.18. The Balaban J connectivity index is 2.15. The summed E-state index contributed by atoms with van der Waals surface area (Å²) < 4.78 is 5.33. The van der Waals surface area contributed by atoms with E-state index in [0.29, 0.717) is 0 Å². The minimum Gasteiger partial charge on any atom is -0.379 e. The molecule has 1 saturated heterocycles. The fraction of sp³-hybridized carbons (Fsp3) is 0.667. The molecule has 18 heavy (non-hydrogen) atoms. The van der Waals surface area contributed by atoms with Gasteiger partial charge in [0.25, 0.3) is 0 Å². The normalized spacial score (nSPS) is 16.6. The second-order valence-corrected chi connectivity index (χ2v) is 4.33. The third-order valence-corrected chi connectivity index (χ3v) is 2.88. The van der Waals surface area contributed by atoms with Gasteiger partial charge in [0.15, 0.2) is 0 Å². The molecule has 1 fully saturated rings. The van der Waals surface area contributed by atoms with Gasteiger partial charge in [-0.15, -0.1) is 0 Å². The number of hydrazine groups is 1. The number of nitrogens with one attached hydrogen (secondary N) is 2. The van der Waals surface area contributed by atoms with Crippen molar-refractivity contribution in [1.82, 2.24) is 15.0 Å². The zero-order valence-electron chi connectivity index (χ0n) is 11.3. The standard InChI is InChI=1S/C12H21N5O/c1-4-13-11-9(2)12(15-10(3)14-11)16-17-5-7-18-8-6-17/h4-8H2,1-3H3,(H2,13,14,15,16). The zero-order valence-corrected chi connectivity index (χ0v) is 11.3. The Morgan fingerprint density at radius 1 is 1.17 bits per heavy atom. The maximum absolute atomic E-state index is 5.33. The highest BCUT2D eigenvalue weighted by Crippen LogP contribution is 2.20. The fourth-order valence-corrected chi connectivity index (χ4v) is 1.90. The van der Waals surface area contributed by atoms with Gasteiger partial charge in [-0.2, -0.15) is 0 Å². The number of nitrogens with zero attached hydrogens (tertiary/aromatic N) is 3. The number of rotatable bonds is 4. The van der Waals surface area contributed by atoms with Crippen molar-refractivity contribution in [3.63, 3.8) is 0 Å². The second-order valence-electron chi connectivity index (χ2n) is 4.33. The van der Waals surface area contributed by atoms with Gasteiger partial charge < -0.3 is 15.5 Å². The van der Waals surface area contributed by atoms with Crippen molar-refractivity contribution in [2.24, 2.45) is 0 Å². The molecular formula is C12H21N5O. The van der Waals surface area contributed by atoms with Crippen LogP contribution in [0.1, 0.15) is 18.3 Å². The van der Waals surface area contributed by atoms with Crippen LogP contribution >= 0.6 is 0 Å². The molecule has 6 heteroatoms. The number of anilines is 2. The summed E-state index contributed by atoms with van der Waals surface area (Å²) in [5.74, 6) is 2.55. The topological polar surface area (TPSA) is 62.3 Å². The van der Waals surface area contributed by atoms with E-state index in [1.165, 1.54) is 0 Å². The van der Waals surface area contributed by atoms with Crippen LogP contribution in [0.15, 0.2) is 0 Å². The second kappa shape index (κ2) is 5.97. The van der Waals surface area contributed by atoms with Crippen molar-refractivity contribution in [2.75, 3.05) is 43.6 Å². The molecule has 0 aliphatic carbocycles. The lowest BCUT2D eigenvalue weighted by Crippen LogP contribution is -2.40. The fourth-order valence-electron chi connectivity index (χ4n) is 1.90. The van der Waals surface area contributed by atoms with Crippen molar-refractivity contribution in [1.29, 1.82) is 0 Å². The van der Waals surface area contributed by atoms with Crippen LogP contribution in [0.5, 0.6) is 0 Å². The van der Waals surface area contributed by atoms with Gasteiger partial charge >= 0.3 is 0 Å². The summed E-state index contributed by atoms with van der Waals surface area (Å²) in [5, 5.41) is 5.39. The van der Waals surface area contributed by atoms with E-state index in [-0.39, 0.29) is 0 Å². The summed E-state index contributed by atoms with van der Waals surface area (Å²) in [6, 6.07) is 0. The van der Waals surface area contributed by atoms with E-state index in [9.17, 15) is 0 Å². The van der Waals surface area contributed by atoms with E-state index in [0.717, 1.165) is 55.9 Å². The lowest BCUT2D eigenvalue weighted by molar-refractivity contribution is 0.0494. The van der Waals surface area contributed by atoms with Crippen LogP contribution in [-0.4, -0.2) is 47.8 Å². The van der Waals surface area contributed by atoms with Gasteiger partial charge in [0.2, 0.25) is 0 Å². The van der Waals surface area contributed by atoms with Gasteiger partial charge in [-0.3, -0.25) is 0 Å². The van der Waals surface area contributed by atoms with Crippen LogP contribution in [-0.2, 0) is 4.74 Å². The largest absolute Gasteiger partial charge is 0.379 e. The van der Waals surface area contributed by atoms with Gasteiger partial charge in [-0.25, -0.2) is 15.0 Å². The first-order valence-corrected chi connectivity index (χ1v) is 6.39. The Bertz CT molecular complexity index is 404. The van der Waals surface area contributed by atoms with E-state index in [2.05, 4.69) is 32.6 Å². The van der Waals surface area contributed by atoms with E-state index in [1.54, 1.807) is 0 Å². The first-order valence-electron chi connectivity index (χ1n) is 6.39. The highest BCUT2D eigenvalue weighted by atomic mass is 16.5. The Morgan fingerprint density at radius 3 is 2.50 bits per heavy atom. The van der Waals surface area contributed by atoms with Gasteiger partial charge in [-0.1, -0.05) is 0 Å². The molecule has 2 N–H and O–H groups in total. The number of aryl methyl sites for hydroxylation is 1. The maximum atomic E-state index is 5.33. The number of hydrogen-bond donors (Lipinski definition) is 2. The van der Waals surface area contributed by atoms with Crippen LogP contribution in [0.3, 0.4) is 0 Å². The third kappa shape index (κ3) is 3.08. The Morgan fingerprint density at radius 2 is 1.83 bits per heavy atom. The Kier molecular flexibility index (Phi) is 4.33. The van der Waals surface area contributed by atoms with E-state index >= 15 is 0 Å². The summed E-state index contributed by atoms with van der Waals surface area (Å²) in [4.78, 5) is 8.88. The van der Waals surface area contributed by atoms with Gasteiger partial charge in [0, 0.05) is 25.2 Å². The molecule has 1 aliphatic rings. The van der Waals surface area contributed by atoms with Crippen molar-refractivity contribution < 1.29 is 4.74 Å². The minimum atomic E-state index is 0.760. The molecule has 0 aromatic carbocycles. The molecule has 2 heterocycles. The number of aromatic nitrogens is 2. The third-order valence-electron chi connectivity index (χ3n) is 2.88. The number of hydrogen-bond acceptors (Lipinski definition) is 6. The maximum Gasteiger partial charge on any atom is 0.149 e. The first kappa shape index (κ1) is 13.0. The average Bonchev–Trinajstić information content (AvgIpc) is 2.36. The van der Waals surface area contributed by atoms with Crippen LogP contribution in [0.2, 0.25) is 0 Å². The molecule has 0 unspecified atom stereocenters. The molecule has 1 aliphatic heterocycles. The smallest absolute Gasteiger partial charge is 0.149 e. The quantitative estimate of drug-likeness (QED) is 0.838. The highest BCUT2D eigenvalue weighted by molar-refractivity contribution is 5.56. The molecule has 1 aromatic heterocycles. The average molecular weight is 251 g/mol. The first-order chi connectivity index (χ1) is 8.70. The molecule has 2 rings (SSSR count). The highest BCUT2D eigenvalue weighted by Gasteiger charge is 2.14. The summed E-state index contributed by atoms with van der Waals surface area (Å²) in [5.41, 5.74) is 4.40. The molecule has 0 atom stereocenters. The molecular weight excluding hydrogens is 230 g/mol. The summed E-state index contributed by atoms with van der Waals surface area (Å²) >= 11 is 0. The van der Waals surface area contributed by atoms with E-state index in [4.69, 9.17) is 4.74 Å². The van der Waals surface area contributed by atoms with Gasteiger partial charge in [0.05, 0.1) is 13.2 Å². The van der Waals surface area contributed by atoms with Gasteiger partial charge in [-0.05, 0) is 20.8 Å². The zero-order chi connectivity index (χ0) is 13.0. The monoisotopic (exact) mass is 251 g/mol.